The molecule has 0 amide bonds. The van der Waals surface area contributed by atoms with Gasteiger partial charge in [0.05, 0.1) is 18.8 Å². The van der Waals surface area contributed by atoms with Crippen molar-refractivity contribution in [3.63, 3.8) is 0 Å². The van der Waals surface area contributed by atoms with E-state index in [1.54, 1.807) is 0 Å². The molecule has 0 bridgehead atoms. The summed E-state index contributed by atoms with van der Waals surface area (Å²) in [6, 6.07) is 18.7. The first kappa shape index (κ1) is 25.1. The highest BCUT2D eigenvalue weighted by atomic mass is 16.3. The quantitative estimate of drug-likeness (QED) is 0.342. The zero-order chi connectivity index (χ0) is 24.0. The number of aliphatic hydroxyl groups excluding tert-OH is 2. The molecule has 0 aliphatic carbocycles. The summed E-state index contributed by atoms with van der Waals surface area (Å²) in [5.74, 6) is 0. The SMILES string of the molecule is CCC(O)(CC)c1ccc(-c2cc(CNCc3ccc(CO)c(CO)c3)ccc2C)c(C)c1. The van der Waals surface area contributed by atoms with Crippen LogP contribution in [0.5, 0.6) is 0 Å². The lowest BCUT2D eigenvalue weighted by Gasteiger charge is -2.27. The number of benzene rings is 3. The van der Waals surface area contributed by atoms with Gasteiger partial charge in [-0.1, -0.05) is 62.4 Å². The summed E-state index contributed by atoms with van der Waals surface area (Å²) in [6.45, 7) is 9.58. The van der Waals surface area contributed by atoms with Gasteiger partial charge in [0.2, 0.25) is 0 Å². The van der Waals surface area contributed by atoms with Crippen LogP contribution >= 0.6 is 0 Å². The molecule has 3 aromatic rings. The average molecular weight is 448 g/mol. The zero-order valence-electron chi connectivity index (χ0n) is 20.3. The fourth-order valence-corrected chi connectivity index (χ4v) is 4.42. The molecule has 0 fully saturated rings. The Morgan fingerprint density at radius 1 is 0.697 bits per heavy atom. The van der Waals surface area contributed by atoms with Gasteiger partial charge in [0.25, 0.3) is 0 Å². The molecule has 0 heterocycles. The van der Waals surface area contributed by atoms with Gasteiger partial charge >= 0.3 is 0 Å². The van der Waals surface area contributed by atoms with E-state index in [-0.39, 0.29) is 13.2 Å². The van der Waals surface area contributed by atoms with Gasteiger partial charge < -0.3 is 20.6 Å². The minimum Gasteiger partial charge on any atom is -0.392 e. The molecule has 176 valence electrons. The predicted molar refractivity (Wildman–Crippen MR) is 135 cm³/mol. The molecule has 0 saturated carbocycles. The Morgan fingerprint density at radius 2 is 1.33 bits per heavy atom. The van der Waals surface area contributed by atoms with Crippen molar-refractivity contribution in [1.82, 2.24) is 5.32 Å². The summed E-state index contributed by atoms with van der Waals surface area (Å²) < 4.78 is 0. The van der Waals surface area contributed by atoms with E-state index < -0.39 is 5.60 Å². The van der Waals surface area contributed by atoms with Gasteiger partial charge in [-0.15, -0.1) is 0 Å². The van der Waals surface area contributed by atoms with Crippen molar-refractivity contribution in [3.05, 3.63) is 93.5 Å². The summed E-state index contributed by atoms with van der Waals surface area (Å²) in [5, 5.41) is 33.3. The Bertz CT molecular complexity index is 1090. The molecular weight excluding hydrogens is 410 g/mol. The van der Waals surface area contributed by atoms with E-state index in [1.165, 1.54) is 27.8 Å². The maximum Gasteiger partial charge on any atom is 0.0891 e. The summed E-state index contributed by atoms with van der Waals surface area (Å²) in [5.41, 5.74) is 8.83. The van der Waals surface area contributed by atoms with Crippen LogP contribution in [0.3, 0.4) is 0 Å². The van der Waals surface area contributed by atoms with E-state index in [1.807, 2.05) is 32.0 Å². The minimum absolute atomic E-state index is 0.0632. The van der Waals surface area contributed by atoms with E-state index in [0.717, 1.165) is 28.8 Å². The molecule has 0 unspecified atom stereocenters. The molecule has 33 heavy (non-hydrogen) atoms. The molecule has 3 rings (SSSR count). The normalized spacial score (nSPS) is 11.7. The highest BCUT2D eigenvalue weighted by Gasteiger charge is 2.25. The summed E-state index contributed by atoms with van der Waals surface area (Å²) in [4.78, 5) is 0. The molecule has 0 spiro atoms. The van der Waals surface area contributed by atoms with Crippen LogP contribution in [0.4, 0.5) is 0 Å². The maximum atomic E-state index is 10.9. The number of aryl methyl sites for hydroxylation is 2. The Hall–Kier alpha value is -2.50. The molecule has 0 atom stereocenters. The third-order valence-corrected chi connectivity index (χ3v) is 6.80. The van der Waals surface area contributed by atoms with Crippen molar-refractivity contribution in [1.29, 1.82) is 0 Å². The van der Waals surface area contributed by atoms with E-state index in [2.05, 4.69) is 55.6 Å². The minimum atomic E-state index is -0.768. The Labute approximate surface area is 197 Å². The molecule has 0 saturated heterocycles. The third kappa shape index (κ3) is 5.71. The van der Waals surface area contributed by atoms with Crippen LogP contribution in [-0.2, 0) is 31.9 Å². The van der Waals surface area contributed by atoms with Gasteiger partial charge in [-0.3, -0.25) is 0 Å². The molecule has 4 N–H and O–H groups in total. The smallest absolute Gasteiger partial charge is 0.0891 e. The van der Waals surface area contributed by atoms with E-state index in [0.29, 0.717) is 19.4 Å². The summed E-state index contributed by atoms with van der Waals surface area (Å²) in [6.07, 6.45) is 1.40. The molecule has 3 aromatic carbocycles. The monoisotopic (exact) mass is 447 g/mol. The van der Waals surface area contributed by atoms with Gasteiger partial charge in [0.1, 0.15) is 0 Å². The van der Waals surface area contributed by atoms with Crippen LogP contribution in [0.2, 0.25) is 0 Å². The van der Waals surface area contributed by atoms with Crippen LogP contribution in [0, 0.1) is 13.8 Å². The largest absolute Gasteiger partial charge is 0.392 e. The van der Waals surface area contributed by atoms with Gasteiger partial charge in [0, 0.05) is 13.1 Å². The molecule has 0 radical (unpaired) electrons. The second kappa shape index (κ2) is 11.1. The topological polar surface area (TPSA) is 72.7 Å². The number of nitrogens with one attached hydrogen (secondary N) is 1. The fourth-order valence-electron chi connectivity index (χ4n) is 4.42. The van der Waals surface area contributed by atoms with Crippen LogP contribution in [0.15, 0.2) is 54.6 Å². The van der Waals surface area contributed by atoms with Gasteiger partial charge in [-0.2, -0.15) is 0 Å². The first-order valence-corrected chi connectivity index (χ1v) is 11.8. The van der Waals surface area contributed by atoms with Crippen molar-refractivity contribution in [2.24, 2.45) is 0 Å². The van der Waals surface area contributed by atoms with Crippen molar-refractivity contribution in [2.75, 3.05) is 0 Å². The van der Waals surface area contributed by atoms with Gasteiger partial charge in [-0.25, -0.2) is 0 Å². The van der Waals surface area contributed by atoms with Gasteiger partial charge in [0.15, 0.2) is 0 Å². The average Bonchev–Trinajstić information content (AvgIpc) is 2.84. The summed E-state index contributed by atoms with van der Waals surface area (Å²) in [7, 11) is 0. The second-order valence-corrected chi connectivity index (χ2v) is 8.94. The Morgan fingerprint density at radius 3 is 1.94 bits per heavy atom. The van der Waals surface area contributed by atoms with Gasteiger partial charge in [-0.05, 0) is 82.8 Å². The number of rotatable bonds is 10. The van der Waals surface area contributed by atoms with Crippen LogP contribution < -0.4 is 5.32 Å². The lowest BCUT2D eigenvalue weighted by Crippen LogP contribution is -2.23. The lowest BCUT2D eigenvalue weighted by molar-refractivity contribution is 0.0283. The van der Waals surface area contributed by atoms with Crippen LogP contribution in [0.1, 0.15) is 65.6 Å². The lowest BCUT2D eigenvalue weighted by atomic mass is 9.85. The highest BCUT2D eigenvalue weighted by Crippen LogP contribution is 2.34. The van der Waals surface area contributed by atoms with Crippen molar-refractivity contribution >= 4 is 0 Å². The zero-order valence-corrected chi connectivity index (χ0v) is 20.3. The van der Waals surface area contributed by atoms with Crippen molar-refractivity contribution < 1.29 is 15.3 Å². The molecular formula is C29H37NO3. The highest BCUT2D eigenvalue weighted by molar-refractivity contribution is 5.71. The number of aliphatic hydroxyl groups is 3. The number of hydrogen-bond acceptors (Lipinski definition) is 4. The maximum absolute atomic E-state index is 10.9. The fraction of sp³-hybridized carbons (Fsp3) is 0.379. The second-order valence-electron chi connectivity index (χ2n) is 8.94. The van der Waals surface area contributed by atoms with Crippen LogP contribution in [-0.4, -0.2) is 15.3 Å². The molecule has 4 nitrogen and oxygen atoms in total. The van der Waals surface area contributed by atoms with E-state index in [4.69, 9.17) is 0 Å². The third-order valence-electron chi connectivity index (χ3n) is 6.80. The molecule has 0 aliphatic rings. The molecule has 4 heteroatoms. The Kier molecular flexibility index (Phi) is 8.44. The van der Waals surface area contributed by atoms with Crippen LogP contribution in [0.25, 0.3) is 11.1 Å². The van der Waals surface area contributed by atoms with E-state index >= 15 is 0 Å². The molecule has 0 aromatic heterocycles. The Balaban J connectivity index is 1.76. The van der Waals surface area contributed by atoms with Crippen molar-refractivity contribution in [2.45, 2.75) is 72.4 Å². The standard InChI is InChI=1S/C29H37NO3/c1-5-29(33,6-2)26-11-12-27(21(4)13-26)28-15-23(8-7-20(28)3)17-30-16-22-9-10-24(18-31)25(14-22)19-32/h7-15,30-33H,5-6,16-19H2,1-4H3. The first-order chi connectivity index (χ1) is 15.8. The molecule has 0 aliphatic heterocycles. The predicted octanol–water partition coefficient (Wildman–Crippen LogP) is 5.25. The van der Waals surface area contributed by atoms with E-state index in [9.17, 15) is 15.3 Å². The first-order valence-electron chi connectivity index (χ1n) is 11.8. The summed E-state index contributed by atoms with van der Waals surface area (Å²) >= 11 is 0. The number of hydrogen-bond donors (Lipinski definition) is 4. The van der Waals surface area contributed by atoms with Crippen molar-refractivity contribution in [3.8, 4) is 11.1 Å².